The van der Waals surface area contributed by atoms with E-state index in [1.54, 1.807) is 0 Å². The number of carbonyl (C=O) groups is 2. The molecule has 0 saturated carbocycles. The Hall–Kier alpha value is -3.13. The Morgan fingerprint density at radius 2 is 1.40 bits per heavy atom. The first kappa shape index (κ1) is 21.6. The molecule has 2 atom stereocenters. The van der Waals surface area contributed by atoms with Crippen LogP contribution in [0.25, 0.3) is 0 Å². The van der Waals surface area contributed by atoms with Crippen molar-refractivity contribution < 1.29 is 31.9 Å². The highest BCUT2D eigenvalue weighted by Crippen LogP contribution is 2.32. The van der Waals surface area contributed by atoms with Crippen molar-refractivity contribution in [2.75, 3.05) is 5.88 Å². The fourth-order valence-electron chi connectivity index (χ4n) is 2.96. The lowest BCUT2D eigenvalue weighted by Gasteiger charge is -2.24. The summed E-state index contributed by atoms with van der Waals surface area (Å²) in [6, 6.07) is 8.61. The molecule has 0 bridgehead atoms. The molecule has 0 aliphatic rings. The van der Waals surface area contributed by atoms with Gasteiger partial charge in [-0.1, -0.05) is 12.1 Å². The maximum atomic E-state index is 14.1. The molecule has 1 N–H and O–H groups in total. The summed E-state index contributed by atoms with van der Waals surface area (Å²) in [4.78, 5) is 28.1. The van der Waals surface area contributed by atoms with Gasteiger partial charge in [-0.25, -0.2) is 22.4 Å². The van der Waals surface area contributed by atoms with Gasteiger partial charge in [0.25, 0.3) is 0 Å². The highest BCUT2D eigenvalue weighted by atomic mass is 35.5. The fraction of sp³-hybridized carbons (Fsp3) is 0.143. The van der Waals surface area contributed by atoms with Crippen LogP contribution in [0, 0.1) is 29.2 Å². The molecule has 0 radical (unpaired) electrons. The quantitative estimate of drug-likeness (QED) is 0.238. The topological polar surface area (TPSA) is 59.2 Å². The zero-order chi connectivity index (χ0) is 21.8. The van der Waals surface area contributed by atoms with Crippen LogP contribution in [0.3, 0.4) is 0 Å². The van der Waals surface area contributed by atoms with Crippen LogP contribution < -0.4 is 0 Å². The third-order valence-corrected chi connectivity index (χ3v) is 4.74. The van der Waals surface area contributed by atoms with Crippen LogP contribution in [0.1, 0.15) is 32.5 Å². The molecule has 30 heavy (non-hydrogen) atoms. The van der Waals surface area contributed by atoms with Gasteiger partial charge in [0.1, 0.15) is 28.8 Å². The van der Waals surface area contributed by atoms with Gasteiger partial charge in [-0.15, -0.1) is 11.6 Å². The third-order valence-electron chi connectivity index (χ3n) is 4.41. The molecule has 2 unspecified atom stereocenters. The van der Waals surface area contributed by atoms with Crippen molar-refractivity contribution >= 4 is 23.4 Å². The van der Waals surface area contributed by atoms with Gasteiger partial charge >= 0.3 is 5.97 Å². The minimum absolute atomic E-state index is 0.149. The van der Waals surface area contributed by atoms with Gasteiger partial charge in [-0.05, 0) is 36.4 Å². The van der Waals surface area contributed by atoms with Gasteiger partial charge < -0.3 is 9.72 Å². The van der Waals surface area contributed by atoms with Crippen LogP contribution in [-0.2, 0) is 4.74 Å². The number of rotatable bonds is 7. The van der Waals surface area contributed by atoms with E-state index in [-0.39, 0.29) is 5.69 Å². The van der Waals surface area contributed by atoms with Crippen LogP contribution in [0.2, 0.25) is 0 Å². The average molecular weight is 440 g/mol. The van der Waals surface area contributed by atoms with Crippen molar-refractivity contribution in [3.8, 4) is 0 Å². The largest absolute Gasteiger partial charge is 0.451 e. The first-order valence-electron chi connectivity index (χ1n) is 8.67. The number of carbonyl (C=O) groups excluding carboxylic acids is 2. The maximum Gasteiger partial charge on any atom is 0.344 e. The maximum absolute atomic E-state index is 14.1. The number of aromatic nitrogens is 1. The van der Waals surface area contributed by atoms with E-state index >= 15 is 0 Å². The number of hydrogen-bond acceptors (Lipinski definition) is 3. The number of H-pyrrole nitrogens is 1. The molecule has 2 aromatic carbocycles. The number of benzene rings is 2. The summed E-state index contributed by atoms with van der Waals surface area (Å²) in [6.07, 6.45) is -0.0465. The molecular weight excluding hydrogens is 426 g/mol. The van der Waals surface area contributed by atoms with Gasteiger partial charge in [-0.3, -0.25) is 4.79 Å². The van der Waals surface area contributed by atoms with Gasteiger partial charge in [-0.2, -0.15) is 0 Å². The smallest absolute Gasteiger partial charge is 0.344 e. The number of ether oxygens (including phenoxy) is 1. The minimum Gasteiger partial charge on any atom is -0.451 e. The zero-order valence-electron chi connectivity index (χ0n) is 15.2. The van der Waals surface area contributed by atoms with Crippen LogP contribution >= 0.6 is 11.6 Å². The molecule has 4 nitrogen and oxygen atoms in total. The van der Waals surface area contributed by atoms with Crippen molar-refractivity contribution in [3.05, 3.63) is 94.8 Å². The molecule has 0 amide bonds. The van der Waals surface area contributed by atoms with E-state index < -0.39 is 64.1 Å². The van der Waals surface area contributed by atoms with E-state index in [1.807, 2.05) is 0 Å². The molecule has 0 spiro atoms. The number of ketones is 1. The zero-order valence-corrected chi connectivity index (χ0v) is 15.9. The van der Waals surface area contributed by atoms with Crippen LogP contribution in [0.5, 0.6) is 0 Å². The second-order valence-electron chi connectivity index (χ2n) is 6.27. The number of alkyl halides is 1. The summed E-state index contributed by atoms with van der Waals surface area (Å²) in [5.74, 6) is -8.99. The van der Waals surface area contributed by atoms with Gasteiger partial charge in [0, 0.05) is 12.1 Å². The first-order chi connectivity index (χ1) is 14.3. The molecule has 1 aromatic heterocycles. The molecule has 156 valence electrons. The Kier molecular flexibility index (Phi) is 6.56. The summed E-state index contributed by atoms with van der Waals surface area (Å²) in [7, 11) is 0. The SMILES string of the molecule is O=C(OC(c1ccc[nH]1)C(CCl)C(=O)c1c(F)cccc1F)c1c(F)cccc1F. The Morgan fingerprint density at radius 3 is 1.87 bits per heavy atom. The van der Waals surface area contributed by atoms with Crippen molar-refractivity contribution in [3.63, 3.8) is 0 Å². The first-order valence-corrected chi connectivity index (χ1v) is 9.21. The average Bonchev–Trinajstić information content (AvgIpc) is 3.22. The van der Waals surface area contributed by atoms with E-state index in [4.69, 9.17) is 16.3 Å². The molecular formula is C21H14ClF4NO3. The van der Waals surface area contributed by atoms with Crippen LogP contribution in [-0.4, -0.2) is 22.6 Å². The van der Waals surface area contributed by atoms with E-state index in [1.165, 1.54) is 18.3 Å². The summed E-state index contributed by atoms with van der Waals surface area (Å²) in [6.45, 7) is 0. The van der Waals surface area contributed by atoms with Crippen molar-refractivity contribution in [2.45, 2.75) is 6.10 Å². The van der Waals surface area contributed by atoms with Crippen LogP contribution in [0.15, 0.2) is 54.7 Å². The van der Waals surface area contributed by atoms with Gasteiger partial charge in [0.2, 0.25) is 0 Å². The van der Waals surface area contributed by atoms with Crippen molar-refractivity contribution in [1.29, 1.82) is 0 Å². The lowest BCUT2D eigenvalue weighted by Crippen LogP contribution is -2.30. The Labute approximate surface area is 173 Å². The molecule has 0 saturated heterocycles. The standard InChI is InChI=1S/C21H14ClF4NO3/c22-10-11(19(28)17-12(23)4-1-5-13(17)24)20(16-8-3-9-27-16)30-21(29)18-14(25)6-2-7-15(18)26/h1-9,11,20,27H,10H2. The second kappa shape index (κ2) is 9.13. The summed E-state index contributed by atoms with van der Waals surface area (Å²) in [5.41, 5.74) is -1.67. The summed E-state index contributed by atoms with van der Waals surface area (Å²) >= 11 is 5.90. The molecule has 0 aliphatic carbocycles. The fourth-order valence-corrected chi connectivity index (χ4v) is 3.26. The van der Waals surface area contributed by atoms with Crippen LogP contribution in [0.4, 0.5) is 17.6 Å². The number of esters is 1. The number of halogens is 5. The van der Waals surface area contributed by atoms with Crippen molar-refractivity contribution in [1.82, 2.24) is 4.98 Å². The number of hydrogen-bond donors (Lipinski definition) is 1. The Balaban J connectivity index is 2.01. The predicted octanol–water partition coefficient (Wildman–Crippen LogP) is 5.21. The molecule has 9 heteroatoms. The predicted molar refractivity (Wildman–Crippen MR) is 100 cm³/mol. The second-order valence-corrected chi connectivity index (χ2v) is 6.58. The lowest BCUT2D eigenvalue weighted by molar-refractivity contribution is 0.0148. The van der Waals surface area contributed by atoms with E-state index in [0.717, 1.165) is 36.4 Å². The molecule has 1 heterocycles. The number of nitrogens with one attached hydrogen (secondary N) is 1. The molecule has 0 fully saturated rings. The third kappa shape index (κ3) is 4.23. The molecule has 3 aromatic rings. The van der Waals surface area contributed by atoms with Gasteiger partial charge in [0.15, 0.2) is 11.9 Å². The normalized spacial score (nSPS) is 13.0. The number of aromatic amines is 1. The highest BCUT2D eigenvalue weighted by Gasteiger charge is 2.37. The lowest BCUT2D eigenvalue weighted by atomic mass is 9.91. The van der Waals surface area contributed by atoms with E-state index in [9.17, 15) is 27.2 Å². The minimum atomic E-state index is -1.49. The van der Waals surface area contributed by atoms with Gasteiger partial charge in [0.05, 0.1) is 17.2 Å². The molecule has 3 rings (SSSR count). The monoisotopic (exact) mass is 439 g/mol. The molecule has 0 aliphatic heterocycles. The Morgan fingerprint density at radius 1 is 0.867 bits per heavy atom. The summed E-state index contributed by atoms with van der Waals surface area (Å²) in [5, 5.41) is 0. The summed E-state index contributed by atoms with van der Waals surface area (Å²) < 4.78 is 61.4. The highest BCUT2D eigenvalue weighted by molar-refractivity contribution is 6.20. The van der Waals surface area contributed by atoms with E-state index in [2.05, 4.69) is 4.98 Å². The van der Waals surface area contributed by atoms with Crippen molar-refractivity contribution in [2.24, 2.45) is 5.92 Å². The Bertz CT molecular complexity index is 1030. The van der Waals surface area contributed by atoms with E-state index in [0.29, 0.717) is 0 Å². The number of Topliss-reactive ketones (excluding diaryl/α,β-unsaturated/α-hetero) is 1.